The summed E-state index contributed by atoms with van der Waals surface area (Å²) in [6.45, 7) is 0.704. The molecule has 0 bridgehead atoms. The average Bonchev–Trinajstić information content (AvgIpc) is 3.17. The summed E-state index contributed by atoms with van der Waals surface area (Å²) in [5.41, 5.74) is 0. The molecule has 0 unspecified atom stereocenters. The molecule has 0 aliphatic carbocycles. The zero-order chi connectivity index (χ0) is 19.4. The van der Waals surface area contributed by atoms with Gasteiger partial charge in [0.2, 0.25) is 0 Å². The molecule has 0 amide bonds. The third kappa shape index (κ3) is 2.77. The highest BCUT2D eigenvalue weighted by molar-refractivity contribution is 5.78. The van der Waals surface area contributed by atoms with Gasteiger partial charge in [0.05, 0.1) is 6.61 Å². The smallest absolute Gasteiger partial charge is 0.460 e. The molecule has 2 atom stereocenters. The lowest BCUT2D eigenvalue weighted by molar-refractivity contribution is -0.423. The van der Waals surface area contributed by atoms with Crippen molar-refractivity contribution in [1.29, 1.82) is 0 Å². The summed E-state index contributed by atoms with van der Waals surface area (Å²) in [6, 6.07) is 0. The zero-order valence-electron chi connectivity index (χ0n) is 11.2. The van der Waals surface area contributed by atoms with Gasteiger partial charge in [0.1, 0.15) is 0 Å². The molecule has 1 heterocycles. The number of rotatable bonds is 6. The van der Waals surface area contributed by atoms with Crippen LogP contribution in [0.1, 0.15) is 6.92 Å². The van der Waals surface area contributed by atoms with Crippen molar-refractivity contribution < 1.29 is 62.6 Å². The van der Waals surface area contributed by atoms with Crippen molar-refractivity contribution in [2.45, 2.75) is 49.0 Å². The summed E-state index contributed by atoms with van der Waals surface area (Å²) >= 11 is 0. The van der Waals surface area contributed by atoms with Gasteiger partial charge in [-0.1, -0.05) is 0 Å². The first-order valence-electron chi connectivity index (χ1n) is 5.86. The fourth-order valence-electron chi connectivity index (χ4n) is 1.55. The van der Waals surface area contributed by atoms with E-state index in [1.54, 1.807) is 0 Å². The highest BCUT2D eigenvalue weighted by Gasteiger charge is 2.90. The fraction of sp³-hybridized carbons (Fsp3) is 0.900. The van der Waals surface area contributed by atoms with Crippen LogP contribution in [0, 0.1) is 0 Å². The number of hydrogen-bond donors (Lipinski definition) is 0. The number of ether oxygens (including phenoxy) is 2. The van der Waals surface area contributed by atoms with Gasteiger partial charge in [0.25, 0.3) is 0 Å². The maximum Gasteiger partial charge on any atom is 0.460 e. The van der Waals surface area contributed by atoms with Crippen LogP contribution in [0.5, 0.6) is 0 Å². The number of halogens is 11. The number of alkyl halides is 11. The van der Waals surface area contributed by atoms with Crippen LogP contribution >= 0.6 is 0 Å². The van der Waals surface area contributed by atoms with Crippen molar-refractivity contribution in [2.75, 3.05) is 6.61 Å². The van der Waals surface area contributed by atoms with Gasteiger partial charge in [-0.2, -0.15) is 48.3 Å². The molecule has 0 spiro atoms. The van der Waals surface area contributed by atoms with E-state index in [1.807, 2.05) is 0 Å². The number of epoxide rings is 1. The summed E-state index contributed by atoms with van der Waals surface area (Å²) in [4.78, 5) is 11.0. The highest BCUT2D eigenvalue weighted by Crippen LogP contribution is 2.60. The van der Waals surface area contributed by atoms with Crippen molar-refractivity contribution in [3.05, 3.63) is 0 Å². The first-order chi connectivity index (χ1) is 10.5. The minimum atomic E-state index is -7.52. The van der Waals surface area contributed by atoms with E-state index in [9.17, 15) is 53.1 Å². The Morgan fingerprint density at radius 1 is 0.875 bits per heavy atom. The topological polar surface area (TPSA) is 38.8 Å². The predicted molar refractivity (Wildman–Crippen MR) is 51.1 cm³/mol. The molecule has 0 radical (unpaired) electrons. The minimum absolute atomic E-state index is 0.449. The molecular weight excluding hydrogens is 377 g/mol. The quantitative estimate of drug-likeness (QED) is 0.400. The van der Waals surface area contributed by atoms with E-state index in [0.717, 1.165) is 6.92 Å². The lowest BCUT2D eigenvalue weighted by atomic mass is 9.95. The van der Waals surface area contributed by atoms with Gasteiger partial charge in [-0.25, -0.2) is 4.79 Å². The van der Waals surface area contributed by atoms with E-state index in [-0.39, 0.29) is 0 Å². The fourth-order valence-corrected chi connectivity index (χ4v) is 1.55. The normalized spacial score (nSPS) is 23.2. The van der Waals surface area contributed by atoms with Crippen LogP contribution in [0.4, 0.5) is 48.3 Å². The second-order valence-electron chi connectivity index (χ2n) is 4.57. The molecule has 142 valence electrons. The average molecular weight is 384 g/mol. The van der Waals surface area contributed by atoms with Gasteiger partial charge in [0.15, 0.2) is 12.2 Å². The van der Waals surface area contributed by atoms with E-state index >= 15 is 0 Å². The summed E-state index contributed by atoms with van der Waals surface area (Å²) in [6.07, 6.45) is -13.1. The number of carbonyl (C=O) groups excluding carboxylic acids is 1. The van der Waals surface area contributed by atoms with Gasteiger partial charge in [-0.05, 0) is 6.92 Å². The van der Waals surface area contributed by atoms with Crippen molar-refractivity contribution >= 4 is 5.97 Å². The van der Waals surface area contributed by atoms with Crippen LogP contribution in [0.2, 0.25) is 0 Å². The standard InChI is InChI=1S/C10H7F11O3/c1-2-23-5(22)3-4(24-3)6(11,12)7(13,14)8(15,16)9(17,18)10(19,20)21/h3-4H,2H2,1H3/t3-,4-/m0/s1. The Labute approximate surface area is 125 Å². The monoisotopic (exact) mass is 384 g/mol. The van der Waals surface area contributed by atoms with E-state index < -0.39 is 54.7 Å². The lowest BCUT2D eigenvalue weighted by Gasteiger charge is -2.36. The second kappa shape index (κ2) is 5.59. The molecule has 1 saturated heterocycles. The Morgan fingerprint density at radius 3 is 1.71 bits per heavy atom. The molecule has 0 saturated carbocycles. The van der Waals surface area contributed by atoms with Gasteiger partial charge in [0, 0.05) is 0 Å². The van der Waals surface area contributed by atoms with E-state index in [2.05, 4.69) is 9.47 Å². The van der Waals surface area contributed by atoms with Crippen LogP contribution in [0.3, 0.4) is 0 Å². The molecule has 1 fully saturated rings. The van der Waals surface area contributed by atoms with Crippen molar-refractivity contribution in [3.63, 3.8) is 0 Å². The Kier molecular flexibility index (Phi) is 4.82. The van der Waals surface area contributed by atoms with E-state index in [1.165, 1.54) is 0 Å². The summed E-state index contributed by atoms with van der Waals surface area (Å²) in [7, 11) is 0. The maximum absolute atomic E-state index is 13.4. The van der Waals surface area contributed by atoms with E-state index in [4.69, 9.17) is 0 Å². The Balaban J connectivity index is 3.16. The molecule has 0 aromatic rings. The molecule has 1 rings (SSSR count). The first-order valence-corrected chi connectivity index (χ1v) is 5.86. The van der Waals surface area contributed by atoms with Gasteiger partial charge >= 0.3 is 35.8 Å². The zero-order valence-corrected chi connectivity index (χ0v) is 11.2. The van der Waals surface area contributed by atoms with Crippen LogP contribution in [0.25, 0.3) is 0 Å². The minimum Gasteiger partial charge on any atom is -0.464 e. The Hall–Kier alpha value is -1.34. The van der Waals surface area contributed by atoms with Crippen LogP contribution in [0.15, 0.2) is 0 Å². The molecule has 1 aliphatic rings. The third-order valence-corrected chi connectivity index (χ3v) is 2.93. The lowest BCUT2D eigenvalue weighted by Crippen LogP contribution is -2.67. The van der Waals surface area contributed by atoms with E-state index in [0.29, 0.717) is 0 Å². The highest BCUT2D eigenvalue weighted by atomic mass is 19.4. The summed E-state index contributed by atoms with van der Waals surface area (Å²) in [5.74, 6) is -30.1. The van der Waals surface area contributed by atoms with Crippen molar-refractivity contribution in [2.24, 2.45) is 0 Å². The molecule has 0 N–H and O–H groups in total. The Morgan fingerprint density at radius 2 is 1.33 bits per heavy atom. The van der Waals surface area contributed by atoms with Crippen molar-refractivity contribution in [1.82, 2.24) is 0 Å². The van der Waals surface area contributed by atoms with Gasteiger partial charge in [-0.3, -0.25) is 0 Å². The molecular formula is C10H7F11O3. The molecule has 0 aromatic carbocycles. The third-order valence-electron chi connectivity index (χ3n) is 2.93. The Bertz CT molecular complexity index is 499. The molecule has 0 aromatic heterocycles. The predicted octanol–water partition coefficient (Wildman–Crippen LogP) is 3.42. The molecule has 1 aliphatic heterocycles. The van der Waals surface area contributed by atoms with Gasteiger partial charge in [-0.15, -0.1) is 0 Å². The van der Waals surface area contributed by atoms with Crippen LogP contribution in [-0.4, -0.2) is 54.7 Å². The van der Waals surface area contributed by atoms with Crippen LogP contribution in [-0.2, 0) is 14.3 Å². The molecule has 14 heteroatoms. The second-order valence-corrected chi connectivity index (χ2v) is 4.57. The maximum atomic E-state index is 13.4. The van der Waals surface area contributed by atoms with Crippen molar-refractivity contribution in [3.8, 4) is 0 Å². The van der Waals surface area contributed by atoms with Crippen LogP contribution < -0.4 is 0 Å². The first kappa shape index (κ1) is 20.7. The summed E-state index contributed by atoms with van der Waals surface area (Å²) in [5, 5.41) is 0. The summed E-state index contributed by atoms with van der Waals surface area (Å²) < 4.78 is 148. The molecule has 3 nitrogen and oxygen atoms in total. The molecule has 24 heavy (non-hydrogen) atoms. The largest absolute Gasteiger partial charge is 0.464 e. The number of esters is 1. The SMILES string of the molecule is CCOC(=O)[C@H]1O[C@@H]1C(F)(F)C(F)(F)C(F)(F)C(F)(F)C(F)(F)F. The number of hydrogen-bond acceptors (Lipinski definition) is 3. The van der Waals surface area contributed by atoms with Gasteiger partial charge < -0.3 is 9.47 Å². The number of carbonyl (C=O) groups is 1.